The number of benzene rings is 3. The molecule has 2 unspecified atom stereocenters. The Balaban J connectivity index is 2.09. The molecule has 0 spiro atoms. The zero-order chi connectivity index (χ0) is 31.8. The van der Waals surface area contributed by atoms with Crippen molar-refractivity contribution in [1.82, 2.24) is 10.2 Å². The summed E-state index contributed by atoms with van der Waals surface area (Å²) in [4.78, 5) is 43.2. The Hall–Kier alpha value is -4.77. The lowest BCUT2D eigenvalue weighted by Crippen LogP contribution is -2.58. The minimum atomic E-state index is -1.07. The van der Waals surface area contributed by atoms with Gasteiger partial charge in [0.05, 0.1) is 7.11 Å². The van der Waals surface area contributed by atoms with E-state index < -0.39 is 41.1 Å². The summed E-state index contributed by atoms with van der Waals surface area (Å²) < 4.78 is 10.7. The normalized spacial score (nSPS) is 12.7. The lowest BCUT2D eigenvalue weighted by molar-refractivity contribution is -0.146. The van der Waals surface area contributed by atoms with E-state index in [2.05, 4.69) is 16.6 Å². The molecular weight excluding hydrogens is 542 g/mol. The number of ether oxygens (including phenoxy) is 2. The van der Waals surface area contributed by atoms with Gasteiger partial charge in [0.2, 0.25) is 5.91 Å². The number of alkyl carbamates (subject to hydrolysis) is 1. The average Bonchev–Trinajstić information content (AvgIpc) is 2.94. The van der Waals surface area contributed by atoms with E-state index in [9.17, 15) is 14.4 Å². The van der Waals surface area contributed by atoms with Crippen molar-refractivity contribution in [3.8, 4) is 18.1 Å². The highest BCUT2D eigenvalue weighted by atomic mass is 16.6. The molecule has 3 rings (SSSR count). The van der Waals surface area contributed by atoms with Crippen molar-refractivity contribution in [2.24, 2.45) is 0 Å². The molecular formula is C35H41N3O5. The number of terminal acetylenes is 1. The highest BCUT2D eigenvalue weighted by Crippen LogP contribution is 2.32. The third kappa shape index (κ3) is 9.37. The molecule has 2 atom stereocenters. The van der Waals surface area contributed by atoms with E-state index in [1.54, 1.807) is 76.4 Å². The van der Waals surface area contributed by atoms with Gasteiger partial charge in [-0.05, 0) is 89.1 Å². The van der Waals surface area contributed by atoms with E-state index in [1.807, 2.05) is 51.1 Å². The Morgan fingerprint density at radius 1 is 0.884 bits per heavy atom. The van der Waals surface area contributed by atoms with Gasteiger partial charge in [-0.25, -0.2) is 4.79 Å². The molecule has 0 saturated carbocycles. The molecule has 0 saturated heterocycles. The van der Waals surface area contributed by atoms with Crippen LogP contribution in [0.3, 0.4) is 0 Å². The van der Waals surface area contributed by atoms with Crippen LogP contribution < -0.4 is 15.4 Å². The van der Waals surface area contributed by atoms with Crippen LogP contribution in [0.25, 0.3) is 0 Å². The molecule has 0 aromatic heterocycles. The van der Waals surface area contributed by atoms with Gasteiger partial charge in [0.25, 0.3) is 5.91 Å². The molecule has 226 valence electrons. The number of methoxy groups -OCH3 is 1. The fourth-order valence-electron chi connectivity index (χ4n) is 4.58. The monoisotopic (exact) mass is 583 g/mol. The maximum absolute atomic E-state index is 14.6. The van der Waals surface area contributed by atoms with E-state index >= 15 is 0 Å². The average molecular weight is 584 g/mol. The topological polar surface area (TPSA) is 97.0 Å². The fourth-order valence-corrected chi connectivity index (χ4v) is 4.58. The third-order valence-corrected chi connectivity index (χ3v) is 6.49. The summed E-state index contributed by atoms with van der Waals surface area (Å²) in [6.45, 7) is 10.8. The standard InChI is InChI=1S/C35H41N3O5/c1-9-24-15-17-26(18-16-24)30(31(39)36-27-19-21-28(42-8)22-20-27)38(34(2,3)4)32(40)29(23-25-13-11-10-12-14-25)37-33(41)43-35(5,6)7/h1,10-22,29-30H,23H2,2-8H3,(H,36,39)(H,37,41). The minimum absolute atomic E-state index is 0.189. The number of nitrogens with one attached hydrogen (secondary N) is 2. The summed E-state index contributed by atoms with van der Waals surface area (Å²) in [7, 11) is 1.56. The predicted octanol–water partition coefficient (Wildman–Crippen LogP) is 6.12. The number of hydrogen-bond donors (Lipinski definition) is 2. The molecule has 8 heteroatoms. The van der Waals surface area contributed by atoms with Crippen LogP contribution in [0.4, 0.5) is 10.5 Å². The van der Waals surface area contributed by atoms with Crippen LogP contribution in [0.2, 0.25) is 0 Å². The minimum Gasteiger partial charge on any atom is -0.497 e. The number of amides is 3. The van der Waals surface area contributed by atoms with Gasteiger partial charge in [0.1, 0.15) is 23.4 Å². The fraction of sp³-hybridized carbons (Fsp3) is 0.343. The van der Waals surface area contributed by atoms with Gasteiger partial charge in [-0.3, -0.25) is 9.59 Å². The summed E-state index contributed by atoms with van der Waals surface area (Å²) >= 11 is 0. The van der Waals surface area contributed by atoms with Gasteiger partial charge in [-0.15, -0.1) is 6.42 Å². The second-order valence-corrected chi connectivity index (χ2v) is 12.2. The van der Waals surface area contributed by atoms with Crippen molar-refractivity contribution in [2.75, 3.05) is 12.4 Å². The van der Waals surface area contributed by atoms with Crippen molar-refractivity contribution in [2.45, 2.75) is 71.2 Å². The second-order valence-electron chi connectivity index (χ2n) is 12.2. The molecule has 0 fully saturated rings. The van der Waals surface area contributed by atoms with Crippen LogP contribution in [0.1, 0.15) is 64.3 Å². The van der Waals surface area contributed by atoms with Crippen LogP contribution in [-0.4, -0.2) is 47.1 Å². The van der Waals surface area contributed by atoms with Gasteiger partial charge >= 0.3 is 6.09 Å². The molecule has 0 aliphatic rings. The molecule has 0 bridgehead atoms. The summed E-state index contributed by atoms with van der Waals surface area (Å²) in [5.74, 6) is 2.35. The van der Waals surface area contributed by atoms with E-state index in [4.69, 9.17) is 15.9 Å². The Bertz CT molecular complexity index is 1430. The molecule has 0 heterocycles. The Morgan fingerprint density at radius 3 is 2.00 bits per heavy atom. The highest BCUT2D eigenvalue weighted by Gasteiger charge is 2.42. The number of rotatable bonds is 9. The van der Waals surface area contributed by atoms with E-state index in [0.29, 0.717) is 22.6 Å². The molecule has 2 N–H and O–H groups in total. The van der Waals surface area contributed by atoms with Crippen LogP contribution in [-0.2, 0) is 20.7 Å². The number of nitrogens with zero attached hydrogens (tertiary/aromatic N) is 1. The van der Waals surface area contributed by atoms with Gasteiger partial charge in [0.15, 0.2) is 0 Å². The lowest BCUT2D eigenvalue weighted by atomic mass is 9.93. The number of hydrogen-bond acceptors (Lipinski definition) is 5. The predicted molar refractivity (Wildman–Crippen MR) is 169 cm³/mol. The molecule has 8 nitrogen and oxygen atoms in total. The molecule has 0 radical (unpaired) electrons. The summed E-state index contributed by atoms with van der Waals surface area (Å²) in [6.07, 6.45) is 5.05. The summed E-state index contributed by atoms with van der Waals surface area (Å²) in [5, 5.41) is 5.72. The van der Waals surface area contributed by atoms with Crippen LogP contribution >= 0.6 is 0 Å². The molecule has 0 aliphatic heterocycles. The van der Waals surface area contributed by atoms with E-state index in [0.717, 1.165) is 5.56 Å². The van der Waals surface area contributed by atoms with Crippen molar-refractivity contribution < 1.29 is 23.9 Å². The van der Waals surface area contributed by atoms with Gasteiger partial charge in [-0.2, -0.15) is 0 Å². The maximum atomic E-state index is 14.6. The number of carbonyl (C=O) groups excluding carboxylic acids is 3. The molecule has 43 heavy (non-hydrogen) atoms. The number of carbonyl (C=O) groups is 3. The van der Waals surface area contributed by atoms with Crippen LogP contribution in [0.15, 0.2) is 78.9 Å². The SMILES string of the molecule is C#Cc1ccc(C(C(=O)Nc2ccc(OC)cc2)N(C(=O)C(Cc2ccccc2)NC(=O)OC(C)(C)C)C(C)(C)C)cc1. The quantitative estimate of drug-likeness (QED) is 0.296. The molecule has 0 aliphatic carbocycles. The molecule has 3 amide bonds. The first-order valence-corrected chi connectivity index (χ1v) is 14.1. The smallest absolute Gasteiger partial charge is 0.408 e. The van der Waals surface area contributed by atoms with Gasteiger partial charge in [-0.1, -0.05) is 48.4 Å². The molecule has 3 aromatic rings. The first kappa shape index (κ1) is 32.7. The lowest BCUT2D eigenvalue weighted by Gasteiger charge is -2.43. The second kappa shape index (κ2) is 13.9. The van der Waals surface area contributed by atoms with Crippen molar-refractivity contribution in [3.05, 3.63) is 95.6 Å². The Kier molecular flexibility index (Phi) is 10.6. The maximum Gasteiger partial charge on any atom is 0.408 e. The van der Waals surface area contributed by atoms with Gasteiger partial charge < -0.3 is 25.0 Å². The number of anilines is 1. The first-order valence-electron chi connectivity index (χ1n) is 14.1. The van der Waals surface area contributed by atoms with Gasteiger partial charge in [0, 0.05) is 23.2 Å². The largest absolute Gasteiger partial charge is 0.497 e. The third-order valence-electron chi connectivity index (χ3n) is 6.49. The summed E-state index contributed by atoms with van der Waals surface area (Å²) in [6, 6.07) is 21.1. The van der Waals surface area contributed by atoms with Crippen molar-refractivity contribution >= 4 is 23.6 Å². The van der Waals surface area contributed by atoms with Crippen molar-refractivity contribution in [3.63, 3.8) is 0 Å². The van der Waals surface area contributed by atoms with Crippen molar-refractivity contribution in [1.29, 1.82) is 0 Å². The highest BCUT2D eigenvalue weighted by molar-refractivity contribution is 5.99. The first-order chi connectivity index (χ1) is 20.2. The van der Waals surface area contributed by atoms with E-state index in [1.165, 1.54) is 4.90 Å². The Labute approximate surface area is 254 Å². The molecule has 3 aromatic carbocycles. The van der Waals surface area contributed by atoms with Crippen LogP contribution in [0.5, 0.6) is 5.75 Å². The zero-order valence-corrected chi connectivity index (χ0v) is 25.9. The summed E-state index contributed by atoms with van der Waals surface area (Å²) in [5.41, 5.74) is 0.944. The zero-order valence-electron chi connectivity index (χ0n) is 25.9. The van der Waals surface area contributed by atoms with Crippen LogP contribution in [0, 0.1) is 12.3 Å². The van der Waals surface area contributed by atoms with E-state index in [-0.39, 0.29) is 6.42 Å². The Morgan fingerprint density at radius 2 is 1.49 bits per heavy atom.